The third-order valence-corrected chi connectivity index (χ3v) is 3.14. The van der Waals surface area contributed by atoms with Gasteiger partial charge in [-0.15, -0.1) is 0 Å². The van der Waals surface area contributed by atoms with Crippen molar-refractivity contribution >= 4 is 5.91 Å². The van der Waals surface area contributed by atoms with Crippen LogP contribution in [0.4, 0.5) is 0 Å². The number of rotatable bonds is 5. The molecule has 0 heterocycles. The summed E-state index contributed by atoms with van der Waals surface area (Å²) in [5.74, 6) is 1.39. The highest BCUT2D eigenvalue weighted by atomic mass is 16.5. The monoisotopic (exact) mass is 185 g/mol. The van der Waals surface area contributed by atoms with Crippen LogP contribution in [0.1, 0.15) is 45.4 Å². The van der Waals surface area contributed by atoms with Crippen LogP contribution in [0, 0.1) is 11.8 Å². The van der Waals surface area contributed by atoms with E-state index in [9.17, 15) is 4.79 Å². The summed E-state index contributed by atoms with van der Waals surface area (Å²) in [6.07, 6.45) is 6.57. The van der Waals surface area contributed by atoms with Crippen LogP contribution in [0.15, 0.2) is 0 Å². The molecule has 3 heteroatoms. The summed E-state index contributed by atoms with van der Waals surface area (Å²) in [7, 11) is 0. The Morgan fingerprint density at radius 3 is 2.77 bits per heavy atom. The molecule has 1 atom stereocenters. The molecule has 0 bridgehead atoms. The van der Waals surface area contributed by atoms with Crippen molar-refractivity contribution in [2.75, 3.05) is 0 Å². The van der Waals surface area contributed by atoms with Crippen molar-refractivity contribution in [2.24, 2.45) is 11.8 Å². The normalized spacial score (nSPS) is 19.2. The zero-order valence-electron chi connectivity index (χ0n) is 8.25. The molecule has 0 aromatic heterocycles. The van der Waals surface area contributed by atoms with Gasteiger partial charge < -0.3 is 0 Å². The Bertz CT molecular complexity index is 166. The molecule has 0 aliphatic heterocycles. The maximum Gasteiger partial charge on any atom is 0.243 e. The number of carbonyl (C=O) groups is 1. The van der Waals surface area contributed by atoms with Crippen LogP contribution >= 0.6 is 0 Å². The van der Waals surface area contributed by atoms with E-state index in [4.69, 9.17) is 5.21 Å². The molecule has 1 fully saturated rings. The number of hydrogen-bond donors (Lipinski definition) is 2. The summed E-state index contributed by atoms with van der Waals surface area (Å²) in [5.41, 5.74) is 1.66. The lowest BCUT2D eigenvalue weighted by Crippen LogP contribution is -2.21. The largest absolute Gasteiger partial charge is 0.289 e. The third-order valence-electron chi connectivity index (χ3n) is 3.14. The molecule has 1 aliphatic rings. The molecule has 0 radical (unpaired) electrons. The van der Waals surface area contributed by atoms with Crippen LogP contribution in [0.5, 0.6) is 0 Å². The van der Waals surface area contributed by atoms with E-state index in [1.54, 1.807) is 5.48 Å². The van der Waals surface area contributed by atoms with Gasteiger partial charge in [-0.05, 0) is 24.7 Å². The van der Waals surface area contributed by atoms with Gasteiger partial charge in [0.1, 0.15) is 0 Å². The molecule has 1 unspecified atom stereocenters. The Balaban J connectivity index is 2.01. The smallest absolute Gasteiger partial charge is 0.243 e. The van der Waals surface area contributed by atoms with Crippen molar-refractivity contribution in [1.29, 1.82) is 0 Å². The molecule has 1 amide bonds. The van der Waals surface area contributed by atoms with E-state index in [0.717, 1.165) is 24.7 Å². The Labute approximate surface area is 79.5 Å². The Hall–Kier alpha value is -0.570. The van der Waals surface area contributed by atoms with Gasteiger partial charge >= 0.3 is 0 Å². The number of hydroxylamine groups is 1. The molecule has 2 N–H and O–H groups in total. The van der Waals surface area contributed by atoms with Crippen molar-refractivity contribution in [3.63, 3.8) is 0 Å². The maximum absolute atomic E-state index is 10.7. The second kappa shape index (κ2) is 5.22. The van der Waals surface area contributed by atoms with E-state index >= 15 is 0 Å². The van der Waals surface area contributed by atoms with Crippen molar-refractivity contribution in [3.05, 3.63) is 0 Å². The fourth-order valence-corrected chi connectivity index (χ4v) is 1.89. The number of carbonyl (C=O) groups excluding carboxylic acids is 1. The van der Waals surface area contributed by atoms with Crippen LogP contribution in [0.2, 0.25) is 0 Å². The minimum atomic E-state index is -0.263. The van der Waals surface area contributed by atoms with Crippen LogP contribution in [0.25, 0.3) is 0 Å². The second-order valence-electron chi connectivity index (χ2n) is 4.10. The first kappa shape index (κ1) is 10.5. The molecule has 0 spiro atoms. The van der Waals surface area contributed by atoms with Gasteiger partial charge in [-0.1, -0.05) is 26.2 Å². The molecular weight excluding hydrogens is 166 g/mol. The SMILES string of the molecule is CC(CCCC(=O)NO)C1CCC1. The molecule has 1 aliphatic carbocycles. The van der Waals surface area contributed by atoms with Crippen LogP contribution in [-0.2, 0) is 4.79 Å². The quantitative estimate of drug-likeness (QED) is 0.509. The maximum atomic E-state index is 10.7. The fourth-order valence-electron chi connectivity index (χ4n) is 1.89. The van der Waals surface area contributed by atoms with Gasteiger partial charge in [0.15, 0.2) is 0 Å². The van der Waals surface area contributed by atoms with E-state index in [1.807, 2.05) is 0 Å². The predicted octanol–water partition coefficient (Wildman–Crippen LogP) is 2.10. The van der Waals surface area contributed by atoms with E-state index in [0.29, 0.717) is 6.42 Å². The van der Waals surface area contributed by atoms with Crippen LogP contribution < -0.4 is 5.48 Å². The molecule has 1 rings (SSSR count). The first-order valence-corrected chi connectivity index (χ1v) is 5.17. The summed E-state index contributed by atoms with van der Waals surface area (Å²) in [6, 6.07) is 0. The minimum absolute atomic E-state index is 0.263. The average Bonchev–Trinajstić information content (AvgIpc) is 2.01. The number of hydrogen-bond acceptors (Lipinski definition) is 2. The highest BCUT2D eigenvalue weighted by molar-refractivity contribution is 5.74. The van der Waals surface area contributed by atoms with Crippen molar-refractivity contribution < 1.29 is 10.0 Å². The first-order valence-electron chi connectivity index (χ1n) is 5.17. The molecule has 0 saturated heterocycles. The topological polar surface area (TPSA) is 49.3 Å². The van der Waals surface area contributed by atoms with E-state index < -0.39 is 0 Å². The van der Waals surface area contributed by atoms with Gasteiger partial charge in [0.2, 0.25) is 5.91 Å². The minimum Gasteiger partial charge on any atom is -0.289 e. The summed E-state index contributed by atoms with van der Waals surface area (Å²) < 4.78 is 0. The van der Waals surface area contributed by atoms with E-state index in [2.05, 4.69) is 6.92 Å². The lowest BCUT2D eigenvalue weighted by Gasteiger charge is -2.31. The van der Waals surface area contributed by atoms with Gasteiger partial charge in [-0.25, -0.2) is 5.48 Å². The van der Waals surface area contributed by atoms with Gasteiger partial charge in [-0.3, -0.25) is 10.0 Å². The highest BCUT2D eigenvalue weighted by Gasteiger charge is 2.23. The molecule has 1 saturated carbocycles. The second-order valence-corrected chi connectivity index (χ2v) is 4.10. The molecule has 0 aromatic carbocycles. The fraction of sp³-hybridized carbons (Fsp3) is 0.900. The highest BCUT2D eigenvalue weighted by Crippen LogP contribution is 2.35. The average molecular weight is 185 g/mol. The zero-order valence-corrected chi connectivity index (χ0v) is 8.25. The van der Waals surface area contributed by atoms with Gasteiger partial charge in [0, 0.05) is 6.42 Å². The predicted molar refractivity (Wildman–Crippen MR) is 50.3 cm³/mol. The molecule has 13 heavy (non-hydrogen) atoms. The summed E-state index contributed by atoms with van der Waals surface area (Å²) in [6.45, 7) is 2.26. The Morgan fingerprint density at radius 2 is 2.31 bits per heavy atom. The summed E-state index contributed by atoms with van der Waals surface area (Å²) in [5, 5.41) is 8.27. The van der Waals surface area contributed by atoms with Crippen LogP contribution in [0.3, 0.4) is 0 Å². The Kier molecular flexibility index (Phi) is 4.22. The van der Waals surface area contributed by atoms with E-state index in [-0.39, 0.29) is 5.91 Å². The zero-order chi connectivity index (χ0) is 9.68. The lowest BCUT2D eigenvalue weighted by molar-refractivity contribution is -0.129. The number of nitrogens with one attached hydrogen (secondary N) is 1. The summed E-state index contributed by atoms with van der Waals surface area (Å²) in [4.78, 5) is 10.7. The Morgan fingerprint density at radius 1 is 1.62 bits per heavy atom. The van der Waals surface area contributed by atoms with Crippen LogP contribution in [-0.4, -0.2) is 11.1 Å². The van der Waals surface area contributed by atoms with E-state index in [1.165, 1.54) is 19.3 Å². The number of amides is 1. The van der Waals surface area contributed by atoms with Gasteiger partial charge in [0.25, 0.3) is 0 Å². The van der Waals surface area contributed by atoms with Crippen molar-refractivity contribution in [1.82, 2.24) is 5.48 Å². The molecule has 76 valence electrons. The molecule has 3 nitrogen and oxygen atoms in total. The summed E-state index contributed by atoms with van der Waals surface area (Å²) >= 11 is 0. The van der Waals surface area contributed by atoms with Crippen molar-refractivity contribution in [3.8, 4) is 0 Å². The van der Waals surface area contributed by atoms with Crippen molar-refractivity contribution in [2.45, 2.75) is 45.4 Å². The lowest BCUT2D eigenvalue weighted by atomic mass is 9.75. The first-order chi connectivity index (χ1) is 6.24. The molecule has 0 aromatic rings. The standard InChI is InChI=1S/C10H19NO2/c1-8(9-5-3-6-9)4-2-7-10(12)11-13/h8-9,13H,2-7H2,1H3,(H,11,12). The van der Waals surface area contributed by atoms with Gasteiger partial charge in [-0.2, -0.15) is 0 Å². The molecular formula is C10H19NO2. The third kappa shape index (κ3) is 3.35. The van der Waals surface area contributed by atoms with Gasteiger partial charge in [0.05, 0.1) is 0 Å².